The highest BCUT2D eigenvalue weighted by atomic mass is 16.5. The van der Waals surface area contributed by atoms with Crippen LogP contribution in [0.2, 0.25) is 0 Å². The molecule has 0 bridgehead atoms. The van der Waals surface area contributed by atoms with Crippen molar-refractivity contribution in [3.8, 4) is 11.8 Å². The predicted molar refractivity (Wildman–Crippen MR) is 127 cm³/mol. The van der Waals surface area contributed by atoms with E-state index in [1.54, 1.807) is 7.11 Å². The van der Waals surface area contributed by atoms with Gasteiger partial charge in [0.25, 0.3) is 0 Å². The second-order valence-corrected chi connectivity index (χ2v) is 8.42. The molecule has 0 aliphatic carbocycles. The first-order valence-corrected chi connectivity index (χ1v) is 10.9. The number of hydrogen-bond acceptors (Lipinski definition) is 4. The predicted octanol–water partition coefficient (Wildman–Crippen LogP) is 5.14. The summed E-state index contributed by atoms with van der Waals surface area (Å²) in [7, 11) is 1.68. The first-order valence-electron chi connectivity index (χ1n) is 10.9. The van der Waals surface area contributed by atoms with Crippen molar-refractivity contribution < 1.29 is 4.74 Å². The van der Waals surface area contributed by atoms with Crippen LogP contribution in [0.25, 0.3) is 10.9 Å². The third kappa shape index (κ3) is 3.38. The molecule has 0 saturated heterocycles. The highest BCUT2D eigenvalue weighted by Gasteiger charge is 2.24. The zero-order valence-corrected chi connectivity index (χ0v) is 18.7. The summed E-state index contributed by atoms with van der Waals surface area (Å²) in [4.78, 5) is 7.15. The van der Waals surface area contributed by atoms with Gasteiger partial charge < -0.3 is 14.2 Å². The van der Waals surface area contributed by atoms with E-state index in [2.05, 4.69) is 65.8 Å². The molecule has 0 fully saturated rings. The smallest absolute Gasteiger partial charge is 0.155 e. The number of ether oxygens (including phenoxy) is 1. The van der Waals surface area contributed by atoms with E-state index in [4.69, 9.17) is 9.72 Å². The van der Waals surface area contributed by atoms with Gasteiger partial charge in [-0.15, -0.1) is 0 Å². The van der Waals surface area contributed by atoms with Crippen LogP contribution in [0.3, 0.4) is 0 Å². The Hall–Kier alpha value is -3.78. The van der Waals surface area contributed by atoms with E-state index in [9.17, 15) is 5.26 Å². The third-order valence-electron chi connectivity index (χ3n) is 6.64. The van der Waals surface area contributed by atoms with Crippen LogP contribution in [0.5, 0.6) is 5.75 Å². The van der Waals surface area contributed by atoms with Crippen LogP contribution >= 0.6 is 0 Å². The van der Waals surface area contributed by atoms with Crippen molar-refractivity contribution >= 4 is 16.7 Å². The monoisotopic (exact) mass is 422 g/mol. The fraction of sp³-hybridized carbons (Fsp3) is 0.259. The van der Waals surface area contributed by atoms with Crippen molar-refractivity contribution in [1.29, 1.82) is 5.26 Å². The van der Waals surface area contributed by atoms with Gasteiger partial charge in [0.15, 0.2) is 5.82 Å². The molecule has 5 heteroatoms. The van der Waals surface area contributed by atoms with E-state index in [0.717, 1.165) is 48.5 Å². The summed E-state index contributed by atoms with van der Waals surface area (Å²) in [5.74, 6) is 1.75. The van der Waals surface area contributed by atoms with Crippen LogP contribution in [-0.4, -0.2) is 23.2 Å². The maximum absolute atomic E-state index is 9.68. The summed E-state index contributed by atoms with van der Waals surface area (Å²) in [6.45, 7) is 6.72. The molecule has 32 heavy (non-hydrogen) atoms. The lowest BCUT2D eigenvalue weighted by Gasteiger charge is -2.30. The lowest BCUT2D eigenvalue weighted by Crippen LogP contribution is -2.31. The Morgan fingerprint density at radius 1 is 1.06 bits per heavy atom. The van der Waals surface area contributed by atoms with Gasteiger partial charge in [-0.05, 0) is 60.7 Å². The van der Waals surface area contributed by atoms with Gasteiger partial charge in [0, 0.05) is 30.7 Å². The van der Waals surface area contributed by atoms with E-state index in [0.29, 0.717) is 5.69 Å². The van der Waals surface area contributed by atoms with Gasteiger partial charge in [0.1, 0.15) is 17.5 Å². The van der Waals surface area contributed by atoms with Crippen molar-refractivity contribution in [3.63, 3.8) is 0 Å². The summed E-state index contributed by atoms with van der Waals surface area (Å²) in [5.41, 5.74) is 7.91. The fourth-order valence-corrected chi connectivity index (χ4v) is 4.71. The topological polar surface area (TPSA) is 54.1 Å². The molecule has 1 aliphatic heterocycles. The molecule has 0 atom stereocenters. The minimum atomic E-state index is 0.469. The zero-order valence-electron chi connectivity index (χ0n) is 18.7. The Labute approximate surface area is 188 Å². The average molecular weight is 423 g/mol. The molecule has 5 rings (SSSR count). The molecule has 2 aromatic carbocycles. The number of aromatic nitrogens is 2. The quantitative estimate of drug-likeness (QED) is 0.457. The number of nitrogens with zero attached hydrogens (tertiary/aromatic N) is 4. The molecule has 0 saturated carbocycles. The molecule has 1 aliphatic rings. The highest BCUT2D eigenvalue weighted by Crippen LogP contribution is 2.35. The molecule has 160 valence electrons. The number of methoxy groups -OCH3 is 1. The molecule has 0 spiro atoms. The van der Waals surface area contributed by atoms with Crippen LogP contribution in [-0.2, 0) is 19.5 Å². The molecule has 0 amide bonds. The standard InChI is InChI=1S/C27H26N4O/c1-18-19(2)31(16-20-8-10-24(32-3)11-9-20)26-25(18)14-23(15-28)29-27(26)30-13-12-21-6-4-5-7-22(21)17-30/h4-11,14H,12-13,16-17H2,1-3H3. The van der Waals surface area contributed by atoms with Gasteiger partial charge in [-0.2, -0.15) is 5.26 Å². The van der Waals surface area contributed by atoms with Gasteiger partial charge >= 0.3 is 0 Å². The number of anilines is 1. The SMILES string of the molecule is COc1ccc(Cn2c(C)c(C)c3cc(C#N)nc(N4CCc5ccccc5C4)c32)cc1. The van der Waals surface area contributed by atoms with Crippen molar-refractivity contribution in [1.82, 2.24) is 9.55 Å². The summed E-state index contributed by atoms with van der Waals surface area (Å²) in [6.07, 6.45) is 0.979. The number of nitriles is 1. The van der Waals surface area contributed by atoms with Gasteiger partial charge in [-0.25, -0.2) is 4.98 Å². The molecule has 0 N–H and O–H groups in total. The summed E-state index contributed by atoms with van der Waals surface area (Å²) < 4.78 is 7.66. The normalized spacial score (nSPS) is 13.1. The van der Waals surface area contributed by atoms with Gasteiger partial charge in [0.2, 0.25) is 0 Å². The highest BCUT2D eigenvalue weighted by molar-refractivity contribution is 5.94. The van der Waals surface area contributed by atoms with Gasteiger partial charge in [0.05, 0.1) is 12.6 Å². The fourth-order valence-electron chi connectivity index (χ4n) is 4.71. The number of pyridine rings is 1. The van der Waals surface area contributed by atoms with E-state index in [-0.39, 0.29) is 0 Å². The summed E-state index contributed by atoms with van der Waals surface area (Å²) in [6, 6.07) is 21.0. The molecule has 0 radical (unpaired) electrons. The zero-order chi connectivity index (χ0) is 22.2. The number of rotatable bonds is 4. The molecule has 0 unspecified atom stereocenters. The maximum atomic E-state index is 9.68. The van der Waals surface area contributed by atoms with Crippen molar-refractivity contribution in [3.05, 3.63) is 88.2 Å². The molecular weight excluding hydrogens is 396 g/mol. The summed E-state index contributed by atoms with van der Waals surface area (Å²) >= 11 is 0. The lowest BCUT2D eigenvalue weighted by atomic mass is 10.00. The first kappa shape index (κ1) is 20.1. The Morgan fingerprint density at radius 2 is 1.81 bits per heavy atom. The first-order chi connectivity index (χ1) is 15.6. The Morgan fingerprint density at radius 3 is 2.53 bits per heavy atom. The van der Waals surface area contributed by atoms with E-state index in [1.807, 2.05) is 18.2 Å². The number of aryl methyl sites for hydroxylation is 1. The Balaban J connectivity index is 1.65. The molecule has 5 nitrogen and oxygen atoms in total. The number of fused-ring (bicyclic) bond motifs is 2. The molecular formula is C27H26N4O. The molecule has 2 aromatic heterocycles. The largest absolute Gasteiger partial charge is 0.497 e. The van der Waals surface area contributed by atoms with Crippen LogP contribution in [0, 0.1) is 25.2 Å². The third-order valence-corrected chi connectivity index (χ3v) is 6.64. The minimum Gasteiger partial charge on any atom is -0.497 e. The second-order valence-electron chi connectivity index (χ2n) is 8.42. The van der Waals surface area contributed by atoms with Crippen LogP contribution in [0.1, 0.15) is 33.6 Å². The number of hydrogen-bond donors (Lipinski definition) is 0. The molecule has 3 heterocycles. The van der Waals surface area contributed by atoms with E-state index >= 15 is 0 Å². The van der Waals surface area contributed by atoms with Crippen molar-refractivity contribution in [2.24, 2.45) is 0 Å². The van der Waals surface area contributed by atoms with Gasteiger partial charge in [-0.3, -0.25) is 0 Å². The summed E-state index contributed by atoms with van der Waals surface area (Å²) in [5, 5.41) is 10.8. The maximum Gasteiger partial charge on any atom is 0.155 e. The van der Waals surface area contributed by atoms with Crippen LogP contribution in [0.4, 0.5) is 5.82 Å². The van der Waals surface area contributed by atoms with E-state index in [1.165, 1.54) is 27.9 Å². The van der Waals surface area contributed by atoms with Gasteiger partial charge in [-0.1, -0.05) is 36.4 Å². The lowest BCUT2D eigenvalue weighted by molar-refractivity contribution is 0.414. The van der Waals surface area contributed by atoms with Crippen molar-refractivity contribution in [2.45, 2.75) is 33.4 Å². The Bertz CT molecular complexity index is 1350. The Kier molecular flexibility index (Phi) is 5.07. The molecule has 4 aromatic rings. The minimum absolute atomic E-state index is 0.469. The average Bonchev–Trinajstić information content (AvgIpc) is 3.08. The van der Waals surface area contributed by atoms with Crippen molar-refractivity contribution in [2.75, 3.05) is 18.6 Å². The van der Waals surface area contributed by atoms with E-state index < -0.39 is 0 Å². The number of benzene rings is 2. The second kappa shape index (κ2) is 8.05. The van der Waals surface area contributed by atoms with Crippen LogP contribution in [0.15, 0.2) is 54.6 Å². The van der Waals surface area contributed by atoms with Crippen LogP contribution < -0.4 is 9.64 Å².